The molecule has 0 saturated carbocycles. The summed E-state index contributed by atoms with van der Waals surface area (Å²) in [6, 6.07) is 17.9. The van der Waals surface area contributed by atoms with Gasteiger partial charge in [0, 0.05) is 36.9 Å². The standard InChI is InChI=1S/C29H38N2O2/c1-21-10-11-24(16-22(21)2)17-28(32)25-12-15-31(18-23-8-4-3-5-9-23)27-20-33-19-26(29(25)27)30-13-6-7-14-30/h3-5,8-11,16,25-27,29H,6-7,12-15,17-20H2,1-2H3/t25?,26?,27-,29-/m1/s1. The van der Waals surface area contributed by atoms with Gasteiger partial charge in [0.05, 0.1) is 13.2 Å². The molecular weight excluding hydrogens is 408 g/mol. The Bertz CT molecular complexity index is 953. The van der Waals surface area contributed by atoms with Crippen molar-refractivity contribution in [3.8, 4) is 0 Å². The number of hydrogen-bond acceptors (Lipinski definition) is 4. The van der Waals surface area contributed by atoms with Gasteiger partial charge in [0.1, 0.15) is 5.78 Å². The fourth-order valence-corrected chi connectivity index (χ4v) is 6.39. The molecule has 5 rings (SSSR count). The van der Waals surface area contributed by atoms with Gasteiger partial charge in [-0.1, -0.05) is 48.5 Å². The molecule has 2 aromatic rings. The van der Waals surface area contributed by atoms with Crippen LogP contribution in [0, 0.1) is 25.7 Å². The lowest BCUT2D eigenvalue weighted by molar-refractivity contribution is -0.141. The number of piperidine rings is 1. The molecule has 176 valence electrons. The van der Waals surface area contributed by atoms with Gasteiger partial charge in [-0.3, -0.25) is 14.6 Å². The molecule has 0 radical (unpaired) electrons. The Morgan fingerprint density at radius 3 is 2.42 bits per heavy atom. The minimum atomic E-state index is 0.123. The minimum absolute atomic E-state index is 0.123. The van der Waals surface area contributed by atoms with E-state index in [2.05, 4.69) is 72.2 Å². The Morgan fingerprint density at radius 1 is 0.909 bits per heavy atom. The van der Waals surface area contributed by atoms with Crippen molar-refractivity contribution >= 4 is 5.78 Å². The van der Waals surface area contributed by atoms with Crippen molar-refractivity contribution in [2.45, 2.75) is 58.2 Å². The van der Waals surface area contributed by atoms with E-state index in [1.807, 2.05) is 0 Å². The van der Waals surface area contributed by atoms with Crippen LogP contribution in [0.25, 0.3) is 0 Å². The van der Waals surface area contributed by atoms with Crippen molar-refractivity contribution in [2.24, 2.45) is 11.8 Å². The third-order valence-electron chi connectivity index (χ3n) is 8.33. The monoisotopic (exact) mass is 446 g/mol. The first-order chi connectivity index (χ1) is 16.1. The molecule has 0 N–H and O–H groups in total. The topological polar surface area (TPSA) is 32.8 Å². The van der Waals surface area contributed by atoms with Crippen molar-refractivity contribution in [1.29, 1.82) is 0 Å². The summed E-state index contributed by atoms with van der Waals surface area (Å²) in [5, 5.41) is 0. The second-order valence-corrected chi connectivity index (χ2v) is 10.4. The molecule has 33 heavy (non-hydrogen) atoms. The summed E-state index contributed by atoms with van der Waals surface area (Å²) in [5.41, 5.74) is 5.08. The highest BCUT2D eigenvalue weighted by atomic mass is 16.5. The van der Waals surface area contributed by atoms with Crippen LogP contribution in [0.15, 0.2) is 48.5 Å². The lowest BCUT2D eigenvalue weighted by Gasteiger charge is -2.52. The summed E-state index contributed by atoms with van der Waals surface area (Å²) in [6.07, 6.45) is 4.05. The van der Waals surface area contributed by atoms with Gasteiger partial charge < -0.3 is 4.74 Å². The maximum absolute atomic E-state index is 13.8. The van der Waals surface area contributed by atoms with E-state index >= 15 is 0 Å². The van der Waals surface area contributed by atoms with Gasteiger partial charge in [-0.05, 0) is 75.0 Å². The van der Waals surface area contributed by atoms with Crippen molar-refractivity contribution in [3.63, 3.8) is 0 Å². The molecule has 0 aliphatic carbocycles. The molecule has 3 fully saturated rings. The summed E-state index contributed by atoms with van der Waals surface area (Å²) in [7, 11) is 0. The largest absolute Gasteiger partial charge is 0.378 e. The summed E-state index contributed by atoms with van der Waals surface area (Å²) in [6.45, 7) is 10.00. The number of carbonyl (C=O) groups is 1. The zero-order valence-corrected chi connectivity index (χ0v) is 20.2. The van der Waals surface area contributed by atoms with Crippen molar-refractivity contribution in [2.75, 3.05) is 32.8 Å². The number of likely N-dealkylation sites (tertiary alicyclic amines) is 2. The van der Waals surface area contributed by atoms with Crippen molar-refractivity contribution in [1.82, 2.24) is 9.80 Å². The second-order valence-electron chi connectivity index (χ2n) is 10.4. The molecular formula is C29H38N2O2. The highest BCUT2D eigenvalue weighted by Gasteiger charge is 2.49. The zero-order valence-electron chi connectivity index (χ0n) is 20.2. The number of nitrogens with zero attached hydrogens (tertiary/aromatic N) is 2. The lowest BCUT2D eigenvalue weighted by Crippen LogP contribution is -2.63. The first-order valence-electron chi connectivity index (χ1n) is 12.8. The molecule has 0 bridgehead atoms. The van der Waals surface area contributed by atoms with Crippen LogP contribution in [0.5, 0.6) is 0 Å². The number of fused-ring (bicyclic) bond motifs is 1. The molecule has 2 unspecified atom stereocenters. The van der Waals surface area contributed by atoms with E-state index in [9.17, 15) is 4.79 Å². The summed E-state index contributed by atoms with van der Waals surface area (Å²) >= 11 is 0. The van der Waals surface area contributed by atoms with E-state index in [1.165, 1.54) is 29.5 Å². The van der Waals surface area contributed by atoms with E-state index in [4.69, 9.17) is 4.74 Å². The van der Waals surface area contributed by atoms with Gasteiger partial charge in [-0.2, -0.15) is 0 Å². The fourth-order valence-electron chi connectivity index (χ4n) is 6.39. The molecule has 0 amide bonds. The summed E-state index contributed by atoms with van der Waals surface area (Å²) in [4.78, 5) is 19.0. The number of aryl methyl sites for hydroxylation is 2. The quantitative estimate of drug-likeness (QED) is 0.658. The van der Waals surface area contributed by atoms with Crippen LogP contribution < -0.4 is 0 Å². The van der Waals surface area contributed by atoms with Crippen LogP contribution in [-0.2, 0) is 22.5 Å². The van der Waals surface area contributed by atoms with Gasteiger partial charge in [-0.15, -0.1) is 0 Å². The molecule has 3 aliphatic heterocycles. The maximum Gasteiger partial charge on any atom is 0.140 e. The second kappa shape index (κ2) is 10.1. The van der Waals surface area contributed by atoms with Crippen molar-refractivity contribution in [3.05, 3.63) is 70.8 Å². The Morgan fingerprint density at radius 2 is 1.67 bits per heavy atom. The highest BCUT2D eigenvalue weighted by Crippen LogP contribution is 2.39. The average molecular weight is 447 g/mol. The lowest BCUT2D eigenvalue weighted by atomic mass is 9.71. The first-order valence-corrected chi connectivity index (χ1v) is 12.8. The summed E-state index contributed by atoms with van der Waals surface area (Å²) in [5.74, 6) is 0.908. The first kappa shape index (κ1) is 22.8. The fraction of sp³-hybridized carbons (Fsp3) is 0.552. The third kappa shape index (κ3) is 4.94. The zero-order chi connectivity index (χ0) is 22.8. The molecule has 3 heterocycles. The number of ketones is 1. The van der Waals surface area contributed by atoms with E-state index in [1.54, 1.807) is 0 Å². The minimum Gasteiger partial charge on any atom is -0.378 e. The van der Waals surface area contributed by atoms with E-state index in [0.717, 1.165) is 51.4 Å². The number of benzene rings is 2. The van der Waals surface area contributed by atoms with E-state index in [-0.39, 0.29) is 5.92 Å². The van der Waals surface area contributed by atoms with E-state index in [0.29, 0.717) is 30.2 Å². The SMILES string of the molecule is Cc1ccc(CC(=O)C2CCN(Cc3ccccc3)[C@@H]3COCC(N4CCCC4)[C@@H]23)cc1C. The van der Waals surface area contributed by atoms with Crippen LogP contribution in [0.4, 0.5) is 0 Å². The van der Waals surface area contributed by atoms with Gasteiger partial charge in [0.2, 0.25) is 0 Å². The Labute approximate surface area is 198 Å². The number of ether oxygens (including phenoxy) is 1. The smallest absolute Gasteiger partial charge is 0.140 e. The number of hydrogen-bond donors (Lipinski definition) is 0. The van der Waals surface area contributed by atoms with E-state index < -0.39 is 0 Å². The van der Waals surface area contributed by atoms with Crippen LogP contribution in [0.2, 0.25) is 0 Å². The van der Waals surface area contributed by atoms with Crippen LogP contribution in [0.3, 0.4) is 0 Å². The molecule has 4 nitrogen and oxygen atoms in total. The van der Waals surface area contributed by atoms with Crippen LogP contribution in [0.1, 0.15) is 41.5 Å². The normalized spacial score (nSPS) is 28.5. The molecule has 4 atom stereocenters. The van der Waals surface area contributed by atoms with Gasteiger partial charge in [0.15, 0.2) is 0 Å². The van der Waals surface area contributed by atoms with Gasteiger partial charge in [-0.25, -0.2) is 0 Å². The Hall–Kier alpha value is -2.01. The highest BCUT2D eigenvalue weighted by molar-refractivity contribution is 5.84. The number of carbonyl (C=O) groups excluding carboxylic acids is 1. The predicted octanol–water partition coefficient (Wildman–Crippen LogP) is 4.42. The molecule has 0 aromatic heterocycles. The van der Waals surface area contributed by atoms with Gasteiger partial charge in [0.25, 0.3) is 0 Å². The molecule has 3 aliphatic rings. The molecule has 4 heteroatoms. The van der Waals surface area contributed by atoms with Crippen LogP contribution in [-0.4, -0.2) is 60.5 Å². The molecule has 2 aromatic carbocycles. The van der Waals surface area contributed by atoms with Crippen molar-refractivity contribution < 1.29 is 9.53 Å². The maximum atomic E-state index is 13.8. The molecule has 3 saturated heterocycles. The third-order valence-corrected chi connectivity index (χ3v) is 8.33. The Kier molecular flexibility index (Phi) is 6.96. The van der Waals surface area contributed by atoms with Crippen LogP contribution >= 0.6 is 0 Å². The van der Waals surface area contributed by atoms with Gasteiger partial charge >= 0.3 is 0 Å². The number of Topliss-reactive ketones (excluding diaryl/α,β-unsaturated/α-hetero) is 1. The predicted molar refractivity (Wildman–Crippen MR) is 132 cm³/mol. The molecule has 0 spiro atoms. The average Bonchev–Trinajstić information content (AvgIpc) is 3.37. The summed E-state index contributed by atoms with van der Waals surface area (Å²) < 4.78 is 6.21. The number of rotatable bonds is 6. The Balaban J connectivity index is 1.39.